The second-order valence-corrected chi connectivity index (χ2v) is 6.16. The van der Waals surface area contributed by atoms with E-state index in [1.807, 2.05) is 31.2 Å². The standard InChI is InChI=1S/C17H15Cl2N3O/c1-11-14(8-12-5-6-13(18)9-15(12)19)16(10-23)22(21-11)17-4-2-3-7-20-17/h2-7,9-10,16,21H,8H2,1H3. The van der Waals surface area contributed by atoms with E-state index >= 15 is 0 Å². The van der Waals surface area contributed by atoms with Crippen LogP contribution in [0.4, 0.5) is 5.82 Å². The summed E-state index contributed by atoms with van der Waals surface area (Å²) in [6.07, 6.45) is 3.18. The van der Waals surface area contributed by atoms with E-state index in [4.69, 9.17) is 23.2 Å². The Morgan fingerprint density at radius 2 is 2.13 bits per heavy atom. The number of hydrogen-bond donors (Lipinski definition) is 1. The minimum Gasteiger partial charge on any atom is -0.301 e. The van der Waals surface area contributed by atoms with E-state index in [-0.39, 0.29) is 0 Å². The molecule has 1 aromatic heterocycles. The summed E-state index contributed by atoms with van der Waals surface area (Å²) in [5.74, 6) is 0.696. The quantitative estimate of drug-likeness (QED) is 0.854. The van der Waals surface area contributed by atoms with Crippen molar-refractivity contribution in [1.82, 2.24) is 10.4 Å². The van der Waals surface area contributed by atoms with Crippen LogP contribution in [0.5, 0.6) is 0 Å². The average Bonchev–Trinajstić information content (AvgIpc) is 2.87. The zero-order valence-electron chi connectivity index (χ0n) is 12.5. The molecule has 0 bridgehead atoms. The van der Waals surface area contributed by atoms with Crippen molar-refractivity contribution < 1.29 is 4.79 Å². The molecular weight excluding hydrogens is 333 g/mol. The fourth-order valence-corrected chi connectivity index (χ4v) is 3.12. The largest absolute Gasteiger partial charge is 0.301 e. The molecule has 0 amide bonds. The number of aromatic nitrogens is 1. The molecule has 0 spiro atoms. The highest BCUT2D eigenvalue weighted by molar-refractivity contribution is 6.35. The predicted octanol–water partition coefficient (Wildman–Crippen LogP) is 3.80. The van der Waals surface area contributed by atoms with E-state index in [1.165, 1.54) is 0 Å². The molecule has 118 valence electrons. The monoisotopic (exact) mass is 347 g/mol. The normalized spacial score (nSPS) is 17.3. The zero-order valence-corrected chi connectivity index (χ0v) is 14.0. The van der Waals surface area contributed by atoms with Crippen LogP contribution < -0.4 is 10.4 Å². The predicted molar refractivity (Wildman–Crippen MR) is 92.6 cm³/mol. The van der Waals surface area contributed by atoms with Gasteiger partial charge in [-0.15, -0.1) is 0 Å². The first-order valence-corrected chi connectivity index (χ1v) is 7.91. The molecule has 1 aliphatic rings. The van der Waals surface area contributed by atoms with Crippen molar-refractivity contribution in [2.45, 2.75) is 19.4 Å². The second kappa shape index (κ2) is 6.60. The molecule has 2 heterocycles. The third-order valence-electron chi connectivity index (χ3n) is 3.83. The van der Waals surface area contributed by atoms with Gasteiger partial charge >= 0.3 is 0 Å². The third kappa shape index (κ3) is 3.19. The van der Waals surface area contributed by atoms with Gasteiger partial charge in [0, 0.05) is 21.9 Å². The smallest absolute Gasteiger partial charge is 0.148 e. The van der Waals surface area contributed by atoms with E-state index in [1.54, 1.807) is 23.3 Å². The second-order valence-electron chi connectivity index (χ2n) is 5.31. The van der Waals surface area contributed by atoms with Gasteiger partial charge in [-0.05, 0) is 48.7 Å². The lowest BCUT2D eigenvalue weighted by atomic mass is 9.98. The molecule has 0 saturated carbocycles. The van der Waals surface area contributed by atoms with Crippen molar-refractivity contribution in [3.05, 3.63) is 69.5 Å². The molecule has 0 saturated heterocycles. The molecule has 1 aromatic carbocycles. The molecule has 3 rings (SSSR count). The number of hydrogen-bond acceptors (Lipinski definition) is 4. The number of carbonyl (C=O) groups is 1. The van der Waals surface area contributed by atoms with Crippen LogP contribution in [0.1, 0.15) is 12.5 Å². The molecule has 0 radical (unpaired) electrons. The van der Waals surface area contributed by atoms with Gasteiger partial charge in [0.05, 0.1) is 0 Å². The number of allylic oxidation sites excluding steroid dienone is 1. The molecule has 1 N–H and O–H groups in total. The maximum atomic E-state index is 11.7. The maximum absolute atomic E-state index is 11.7. The van der Waals surface area contributed by atoms with Crippen LogP contribution in [-0.2, 0) is 11.2 Å². The molecule has 1 aliphatic heterocycles. The molecule has 23 heavy (non-hydrogen) atoms. The van der Waals surface area contributed by atoms with Gasteiger partial charge in [0.25, 0.3) is 0 Å². The number of rotatable bonds is 4. The summed E-state index contributed by atoms with van der Waals surface area (Å²) in [5.41, 5.74) is 6.05. The molecular formula is C17H15Cl2N3O. The summed E-state index contributed by atoms with van der Waals surface area (Å²) in [6.45, 7) is 1.94. The summed E-state index contributed by atoms with van der Waals surface area (Å²) >= 11 is 12.2. The van der Waals surface area contributed by atoms with E-state index in [0.29, 0.717) is 22.3 Å². The van der Waals surface area contributed by atoms with Crippen molar-refractivity contribution in [1.29, 1.82) is 0 Å². The van der Waals surface area contributed by atoms with Crippen LogP contribution in [0.15, 0.2) is 53.9 Å². The third-order valence-corrected chi connectivity index (χ3v) is 4.41. The number of benzene rings is 1. The van der Waals surface area contributed by atoms with Crippen molar-refractivity contribution in [2.24, 2.45) is 0 Å². The van der Waals surface area contributed by atoms with Crippen molar-refractivity contribution in [3.63, 3.8) is 0 Å². The molecule has 0 fully saturated rings. The highest BCUT2D eigenvalue weighted by Gasteiger charge is 2.31. The van der Waals surface area contributed by atoms with Crippen molar-refractivity contribution in [3.8, 4) is 0 Å². The van der Waals surface area contributed by atoms with Crippen LogP contribution in [0.25, 0.3) is 0 Å². The van der Waals surface area contributed by atoms with Gasteiger partial charge in [0.15, 0.2) is 0 Å². The van der Waals surface area contributed by atoms with E-state index in [2.05, 4.69) is 10.4 Å². The number of pyridine rings is 1. The maximum Gasteiger partial charge on any atom is 0.148 e. The van der Waals surface area contributed by atoms with Gasteiger partial charge in [0.2, 0.25) is 0 Å². The van der Waals surface area contributed by atoms with Gasteiger partial charge in [-0.3, -0.25) is 5.01 Å². The Balaban J connectivity index is 1.89. The molecule has 4 nitrogen and oxygen atoms in total. The Labute approximate surface area is 144 Å². The summed E-state index contributed by atoms with van der Waals surface area (Å²) in [4.78, 5) is 16.0. The number of hydrazine groups is 1. The minimum absolute atomic E-state index is 0.420. The number of halogens is 2. The lowest BCUT2D eigenvalue weighted by molar-refractivity contribution is -0.108. The van der Waals surface area contributed by atoms with E-state index in [9.17, 15) is 4.79 Å². The highest BCUT2D eigenvalue weighted by atomic mass is 35.5. The lowest BCUT2D eigenvalue weighted by Crippen LogP contribution is -2.41. The molecule has 1 unspecified atom stereocenters. The number of aldehydes is 1. The van der Waals surface area contributed by atoms with Crippen LogP contribution in [0, 0.1) is 0 Å². The van der Waals surface area contributed by atoms with Gasteiger partial charge in [-0.25, -0.2) is 4.98 Å². The Kier molecular flexibility index (Phi) is 4.55. The highest BCUT2D eigenvalue weighted by Crippen LogP contribution is 2.30. The summed E-state index contributed by atoms with van der Waals surface area (Å²) in [5, 5.41) is 2.95. The summed E-state index contributed by atoms with van der Waals surface area (Å²) in [6, 6.07) is 10.6. The van der Waals surface area contributed by atoms with Crippen molar-refractivity contribution in [2.75, 3.05) is 5.01 Å². The van der Waals surface area contributed by atoms with Crippen LogP contribution in [-0.4, -0.2) is 17.3 Å². The Bertz CT molecular complexity index is 762. The summed E-state index contributed by atoms with van der Waals surface area (Å²) < 4.78 is 0. The number of nitrogens with one attached hydrogen (secondary N) is 1. The minimum atomic E-state index is -0.420. The van der Waals surface area contributed by atoms with Gasteiger partial charge < -0.3 is 10.2 Å². The first kappa shape index (κ1) is 15.8. The fraction of sp³-hybridized carbons (Fsp3) is 0.176. The van der Waals surface area contributed by atoms with E-state index in [0.717, 1.165) is 23.1 Å². The molecule has 0 aliphatic carbocycles. The van der Waals surface area contributed by atoms with Crippen LogP contribution in [0.3, 0.4) is 0 Å². The van der Waals surface area contributed by atoms with E-state index < -0.39 is 6.04 Å². The number of nitrogens with zero attached hydrogens (tertiary/aromatic N) is 2. The van der Waals surface area contributed by atoms with Crippen molar-refractivity contribution >= 4 is 35.3 Å². The summed E-state index contributed by atoms with van der Waals surface area (Å²) in [7, 11) is 0. The number of carbonyl (C=O) groups excluding carboxylic acids is 1. The average molecular weight is 348 g/mol. The molecule has 6 heteroatoms. The van der Waals surface area contributed by atoms with Gasteiger partial charge in [0.1, 0.15) is 18.1 Å². The van der Waals surface area contributed by atoms with Crippen LogP contribution in [0.2, 0.25) is 10.0 Å². The Morgan fingerprint density at radius 1 is 1.30 bits per heavy atom. The van der Waals surface area contributed by atoms with Crippen LogP contribution >= 0.6 is 23.2 Å². The van der Waals surface area contributed by atoms with Gasteiger partial charge in [-0.2, -0.15) is 0 Å². The SMILES string of the molecule is CC1=C(Cc2ccc(Cl)cc2Cl)C(C=O)N(c2ccccn2)N1. The molecule has 1 atom stereocenters. The Morgan fingerprint density at radius 3 is 2.78 bits per heavy atom. The topological polar surface area (TPSA) is 45.2 Å². The zero-order chi connectivity index (χ0) is 16.4. The lowest BCUT2D eigenvalue weighted by Gasteiger charge is -2.23. The number of anilines is 1. The Hall–Kier alpha value is -2.04. The fourth-order valence-electron chi connectivity index (χ4n) is 2.65. The molecule has 2 aromatic rings. The van der Waals surface area contributed by atoms with Gasteiger partial charge in [-0.1, -0.05) is 35.3 Å². The first-order chi connectivity index (χ1) is 11.1. The first-order valence-electron chi connectivity index (χ1n) is 7.16.